The van der Waals surface area contributed by atoms with Crippen LogP contribution >= 0.6 is 11.3 Å². The molecule has 0 saturated carbocycles. The largest absolute Gasteiger partial charge is 0.379 e. The van der Waals surface area contributed by atoms with E-state index in [9.17, 15) is 4.79 Å². The quantitative estimate of drug-likeness (QED) is 0.748. The third-order valence-electron chi connectivity index (χ3n) is 4.49. The van der Waals surface area contributed by atoms with Crippen molar-refractivity contribution < 1.29 is 9.53 Å². The van der Waals surface area contributed by atoms with E-state index in [4.69, 9.17) is 4.74 Å². The minimum absolute atomic E-state index is 0.0227. The van der Waals surface area contributed by atoms with E-state index in [1.54, 1.807) is 11.3 Å². The molecule has 7 heteroatoms. The number of carbonyl (C=O) groups is 1. The molecule has 1 saturated heterocycles. The van der Waals surface area contributed by atoms with Gasteiger partial charge in [0.2, 0.25) is 5.91 Å². The fourth-order valence-electron chi connectivity index (χ4n) is 2.94. The van der Waals surface area contributed by atoms with Crippen molar-refractivity contribution in [2.24, 2.45) is 0 Å². The summed E-state index contributed by atoms with van der Waals surface area (Å²) in [5, 5.41) is 5.86. The Morgan fingerprint density at radius 2 is 2.00 bits per heavy atom. The number of nitrogens with zero attached hydrogens (tertiary/aromatic N) is 3. The molecular formula is C20H28N4O2S. The first-order chi connectivity index (χ1) is 13.1. The number of rotatable bonds is 8. The van der Waals surface area contributed by atoms with Gasteiger partial charge in [0.1, 0.15) is 5.01 Å². The average molecular weight is 389 g/mol. The molecule has 1 aliphatic heterocycles. The third-order valence-corrected chi connectivity index (χ3v) is 5.43. The number of amides is 1. The Morgan fingerprint density at radius 1 is 1.26 bits per heavy atom. The molecule has 1 fully saturated rings. The number of aromatic nitrogens is 1. The highest BCUT2D eigenvalue weighted by atomic mass is 32.1. The van der Waals surface area contributed by atoms with Crippen molar-refractivity contribution >= 4 is 17.2 Å². The molecule has 0 atom stereocenters. The summed E-state index contributed by atoms with van der Waals surface area (Å²) >= 11 is 1.59. The summed E-state index contributed by atoms with van der Waals surface area (Å²) in [4.78, 5) is 21.1. The minimum atomic E-state index is 0.0227. The number of ether oxygens (including phenoxy) is 1. The van der Waals surface area contributed by atoms with Crippen LogP contribution in [-0.2, 0) is 22.5 Å². The zero-order valence-corrected chi connectivity index (χ0v) is 16.9. The zero-order chi connectivity index (χ0) is 19.1. The van der Waals surface area contributed by atoms with Gasteiger partial charge in [0.15, 0.2) is 0 Å². The van der Waals surface area contributed by atoms with E-state index in [0.717, 1.165) is 55.7 Å². The van der Waals surface area contributed by atoms with Crippen LogP contribution in [0.15, 0.2) is 29.6 Å². The number of nitrogens with one attached hydrogen (secondary N) is 1. The molecule has 3 rings (SSSR count). The summed E-state index contributed by atoms with van der Waals surface area (Å²) in [6, 6.07) is 8.57. The molecule has 146 valence electrons. The zero-order valence-electron chi connectivity index (χ0n) is 16.1. The van der Waals surface area contributed by atoms with E-state index in [2.05, 4.69) is 39.5 Å². The average Bonchev–Trinajstić information content (AvgIpc) is 3.11. The highest BCUT2D eigenvalue weighted by Gasteiger charge is 2.12. The fraction of sp³-hybridized carbons (Fsp3) is 0.500. The molecule has 0 aliphatic carbocycles. The maximum atomic E-state index is 12.0. The van der Waals surface area contributed by atoms with Gasteiger partial charge in [0.25, 0.3) is 0 Å². The van der Waals surface area contributed by atoms with Crippen molar-refractivity contribution in [1.29, 1.82) is 0 Å². The standard InChI is InChI=1S/C20H28N4O2S/c1-23(2)8-7-21-19(25)13-18-15-27-20(22-18)17-5-3-16(4-6-17)14-24-9-11-26-12-10-24/h3-6,15H,7-14H2,1-2H3,(H,21,25). The van der Waals surface area contributed by atoms with Crippen molar-refractivity contribution in [2.45, 2.75) is 13.0 Å². The molecular weight excluding hydrogens is 360 g/mol. The van der Waals surface area contributed by atoms with Crippen molar-refractivity contribution in [3.63, 3.8) is 0 Å². The molecule has 6 nitrogen and oxygen atoms in total. The van der Waals surface area contributed by atoms with Gasteiger partial charge >= 0.3 is 0 Å². The van der Waals surface area contributed by atoms with E-state index in [0.29, 0.717) is 13.0 Å². The lowest BCUT2D eigenvalue weighted by Crippen LogP contribution is -2.35. The summed E-state index contributed by atoms with van der Waals surface area (Å²) < 4.78 is 5.40. The Morgan fingerprint density at radius 3 is 2.70 bits per heavy atom. The minimum Gasteiger partial charge on any atom is -0.379 e. The van der Waals surface area contributed by atoms with Crippen molar-refractivity contribution in [2.75, 3.05) is 53.5 Å². The highest BCUT2D eigenvalue weighted by molar-refractivity contribution is 7.13. The van der Waals surface area contributed by atoms with Gasteiger partial charge < -0.3 is 15.0 Å². The molecule has 0 unspecified atom stereocenters. The molecule has 1 N–H and O–H groups in total. The van der Waals surface area contributed by atoms with Crippen LogP contribution in [0.25, 0.3) is 10.6 Å². The van der Waals surface area contributed by atoms with Gasteiger partial charge in [0, 0.05) is 43.7 Å². The normalized spacial score (nSPS) is 15.2. The second-order valence-corrected chi connectivity index (χ2v) is 7.92. The predicted molar refractivity (Wildman–Crippen MR) is 109 cm³/mol. The maximum absolute atomic E-state index is 12.0. The van der Waals surface area contributed by atoms with E-state index < -0.39 is 0 Å². The number of thiazole rings is 1. The van der Waals surface area contributed by atoms with Crippen LogP contribution < -0.4 is 5.32 Å². The summed E-state index contributed by atoms with van der Waals surface area (Å²) in [5.74, 6) is 0.0227. The van der Waals surface area contributed by atoms with Gasteiger partial charge in [-0.1, -0.05) is 24.3 Å². The Balaban J connectivity index is 1.52. The molecule has 0 bridgehead atoms. The van der Waals surface area contributed by atoms with Gasteiger partial charge in [-0.2, -0.15) is 0 Å². The first-order valence-corrected chi connectivity index (χ1v) is 10.2. The van der Waals surface area contributed by atoms with Crippen LogP contribution in [0.1, 0.15) is 11.3 Å². The Kier molecular flexibility index (Phi) is 7.34. The fourth-order valence-corrected chi connectivity index (χ4v) is 3.76. The Bertz CT molecular complexity index is 724. The lowest BCUT2D eigenvalue weighted by Gasteiger charge is -2.26. The summed E-state index contributed by atoms with van der Waals surface area (Å²) in [6.45, 7) is 6.09. The second kappa shape index (κ2) is 9.94. The molecule has 1 amide bonds. The number of carbonyl (C=O) groups excluding carboxylic acids is 1. The number of benzene rings is 1. The number of hydrogen-bond acceptors (Lipinski definition) is 6. The molecule has 1 aromatic carbocycles. The molecule has 27 heavy (non-hydrogen) atoms. The van der Waals surface area contributed by atoms with Crippen molar-refractivity contribution in [3.8, 4) is 10.6 Å². The van der Waals surface area contributed by atoms with E-state index in [1.807, 2.05) is 24.4 Å². The van der Waals surface area contributed by atoms with E-state index in [-0.39, 0.29) is 5.91 Å². The van der Waals surface area contributed by atoms with Crippen LogP contribution in [0.5, 0.6) is 0 Å². The lowest BCUT2D eigenvalue weighted by atomic mass is 10.1. The molecule has 1 aromatic heterocycles. The van der Waals surface area contributed by atoms with Gasteiger partial charge in [-0.25, -0.2) is 4.98 Å². The number of morpholine rings is 1. The smallest absolute Gasteiger partial charge is 0.226 e. The monoisotopic (exact) mass is 388 g/mol. The number of likely N-dealkylation sites (N-methyl/N-ethyl adjacent to an activating group) is 1. The number of hydrogen-bond donors (Lipinski definition) is 1. The second-order valence-electron chi connectivity index (χ2n) is 7.06. The molecule has 0 radical (unpaired) electrons. The first kappa shape index (κ1) is 19.9. The van der Waals surface area contributed by atoms with Crippen LogP contribution in [0.4, 0.5) is 0 Å². The van der Waals surface area contributed by atoms with Crippen LogP contribution in [0.2, 0.25) is 0 Å². The van der Waals surface area contributed by atoms with Crippen LogP contribution in [0.3, 0.4) is 0 Å². The van der Waals surface area contributed by atoms with Crippen molar-refractivity contribution in [3.05, 3.63) is 40.9 Å². The third kappa shape index (κ3) is 6.39. The van der Waals surface area contributed by atoms with Gasteiger partial charge in [-0.05, 0) is 19.7 Å². The van der Waals surface area contributed by atoms with Crippen molar-refractivity contribution in [1.82, 2.24) is 20.1 Å². The Hall–Kier alpha value is -1.80. The summed E-state index contributed by atoms with van der Waals surface area (Å²) in [7, 11) is 3.98. The summed E-state index contributed by atoms with van der Waals surface area (Å²) in [6.07, 6.45) is 0.332. The lowest BCUT2D eigenvalue weighted by molar-refractivity contribution is -0.120. The highest BCUT2D eigenvalue weighted by Crippen LogP contribution is 2.24. The molecule has 1 aliphatic rings. The van der Waals surface area contributed by atoms with E-state index >= 15 is 0 Å². The van der Waals surface area contributed by atoms with Crippen LogP contribution in [0, 0.1) is 0 Å². The molecule has 0 spiro atoms. The molecule has 2 aromatic rings. The maximum Gasteiger partial charge on any atom is 0.226 e. The SMILES string of the molecule is CN(C)CCNC(=O)Cc1csc(-c2ccc(CN3CCOCC3)cc2)n1. The topological polar surface area (TPSA) is 57.7 Å². The molecule has 2 heterocycles. The van der Waals surface area contributed by atoms with Gasteiger partial charge in [0.05, 0.1) is 25.3 Å². The van der Waals surface area contributed by atoms with Crippen LogP contribution in [-0.4, -0.2) is 74.2 Å². The van der Waals surface area contributed by atoms with Gasteiger partial charge in [-0.3, -0.25) is 9.69 Å². The first-order valence-electron chi connectivity index (χ1n) is 9.35. The Labute approximate surface area is 165 Å². The summed E-state index contributed by atoms with van der Waals surface area (Å²) in [5.41, 5.74) is 3.23. The van der Waals surface area contributed by atoms with Gasteiger partial charge in [-0.15, -0.1) is 11.3 Å². The van der Waals surface area contributed by atoms with E-state index in [1.165, 1.54) is 5.56 Å². The predicted octanol–water partition coefficient (Wildman–Crippen LogP) is 1.86.